The van der Waals surface area contributed by atoms with Crippen molar-refractivity contribution in [2.24, 2.45) is 4.99 Å². The van der Waals surface area contributed by atoms with E-state index in [1.54, 1.807) is 11.3 Å². The first-order valence-electron chi connectivity index (χ1n) is 8.20. The lowest BCUT2D eigenvalue weighted by atomic mass is 10.3. The number of guanidine groups is 1. The van der Waals surface area contributed by atoms with Gasteiger partial charge in [0.05, 0.1) is 23.8 Å². The van der Waals surface area contributed by atoms with Crippen LogP contribution >= 0.6 is 35.3 Å². The number of hydrogen-bond acceptors (Lipinski definition) is 4. The number of aryl methyl sites for hydroxylation is 2. The Labute approximate surface area is 171 Å². The molecule has 0 fully saturated rings. The van der Waals surface area contributed by atoms with Gasteiger partial charge < -0.3 is 15.0 Å². The molecule has 0 aliphatic carbocycles. The van der Waals surface area contributed by atoms with Crippen molar-refractivity contribution in [1.82, 2.24) is 15.2 Å². The minimum atomic E-state index is 0. The van der Waals surface area contributed by atoms with Gasteiger partial charge in [-0.1, -0.05) is 18.2 Å². The van der Waals surface area contributed by atoms with Crippen molar-refractivity contribution in [2.75, 3.05) is 26.7 Å². The molecule has 2 aromatic rings. The van der Waals surface area contributed by atoms with Crippen LogP contribution in [0.4, 0.5) is 0 Å². The number of likely N-dealkylation sites (N-methyl/N-ethyl adjacent to an activating group) is 1. The molecule has 1 N–H and O–H groups in total. The van der Waals surface area contributed by atoms with Crippen molar-refractivity contribution in [2.45, 2.75) is 27.3 Å². The van der Waals surface area contributed by atoms with Crippen molar-refractivity contribution in [3.63, 3.8) is 0 Å². The van der Waals surface area contributed by atoms with Crippen LogP contribution in [-0.2, 0) is 6.54 Å². The van der Waals surface area contributed by atoms with Crippen LogP contribution in [0.5, 0.6) is 5.75 Å². The normalized spacial score (nSPS) is 11.0. The molecule has 0 atom stereocenters. The highest BCUT2D eigenvalue weighted by atomic mass is 127. The fourth-order valence-corrected chi connectivity index (χ4v) is 3.12. The minimum absolute atomic E-state index is 0. The topological polar surface area (TPSA) is 49.8 Å². The molecule has 0 amide bonds. The average molecular weight is 474 g/mol. The Morgan fingerprint density at radius 1 is 1.28 bits per heavy atom. The summed E-state index contributed by atoms with van der Waals surface area (Å²) in [5.41, 5.74) is 1.08. The first-order chi connectivity index (χ1) is 11.6. The lowest BCUT2D eigenvalue weighted by molar-refractivity contribution is 0.281. The number of aliphatic imine (C=N–C) groups is 1. The zero-order valence-electron chi connectivity index (χ0n) is 15.3. The first kappa shape index (κ1) is 21.7. The molecule has 1 aromatic heterocycles. The third-order valence-corrected chi connectivity index (χ3v) is 4.56. The summed E-state index contributed by atoms with van der Waals surface area (Å²) in [6, 6.07) is 9.87. The van der Waals surface area contributed by atoms with Gasteiger partial charge in [0.15, 0.2) is 5.96 Å². The predicted molar refractivity (Wildman–Crippen MR) is 116 cm³/mol. The molecule has 0 radical (unpaired) electrons. The van der Waals surface area contributed by atoms with Crippen LogP contribution < -0.4 is 10.1 Å². The molecule has 0 saturated carbocycles. The second-order valence-corrected chi connectivity index (χ2v) is 6.78. The molecule has 0 saturated heterocycles. The molecule has 0 aliphatic heterocycles. The summed E-state index contributed by atoms with van der Waals surface area (Å²) in [7, 11) is 2.03. The van der Waals surface area contributed by atoms with E-state index in [-0.39, 0.29) is 24.0 Å². The van der Waals surface area contributed by atoms with Gasteiger partial charge in [-0.3, -0.25) is 0 Å². The van der Waals surface area contributed by atoms with Gasteiger partial charge in [0.2, 0.25) is 0 Å². The molecule has 1 aromatic carbocycles. The third kappa shape index (κ3) is 7.19. The standard InChI is InChI=1S/C18H26N4OS.HI/c1-5-19-18(20-13-17-14(2)21-15(3)24-17)22(4)11-12-23-16-9-7-6-8-10-16;/h6-10H,5,11-13H2,1-4H3,(H,19,20);1H. The van der Waals surface area contributed by atoms with Gasteiger partial charge in [0.25, 0.3) is 0 Å². The molecule has 0 aliphatic rings. The lowest BCUT2D eigenvalue weighted by Crippen LogP contribution is -2.40. The maximum absolute atomic E-state index is 5.76. The second kappa shape index (κ2) is 11.3. The summed E-state index contributed by atoms with van der Waals surface area (Å²) in [6.07, 6.45) is 0. The van der Waals surface area contributed by atoms with E-state index in [9.17, 15) is 0 Å². The van der Waals surface area contributed by atoms with E-state index in [1.165, 1.54) is 4.88 Å². The summed E-state index contributed by atoms with van der Waals surface area (Å²) < 4.78 is 5.76. The van der Waals surface area contributed by atoms with E-state index in [2.05, 4.69) is 22.1 Å². The summed E-state index contributed by atoms with van der Waals surface area (Å²) in [4.78, 5) is 12.5. The molecular weight excluding hydrogens is 447 g/mol. The molecule has 2 rings (SSSR count). The number of para-hydroxylation sites is 1. The molecule has 7 heteroatoms. The van der Waals surface area contributed by atoms with Gasteiger partial charge >= 0.3 is 0 Å². The van der Waals surface area contributed by atoms with Crippen LogP contribution in [-0.4, -0.2) is 42.6 Å². The first-order valence-corrected chi connectivity index (χ1v) is 9.02. The highest BCUT2D eigenvalue weighted by Crippen LogP contribution is 2.18. The van der Waals surface area contributed by atoms with E-state index in [0.29, 0.717) is 13.2 Å². The number of aromatic nitrogens is 1. The van der Waals surface area contributed by atoms with Crippen molar-refractivity contribution < 1.29 is 4.74 Å². The van der Waals surface area contributed by atoms with Gasteiger partial charge in [0.1, 0.15) is 12.4 Å². The van der Waals surface area contributed by atoms with Gasteiger partial charge in [-0.25, -0.2) is 9.98 Å². The van der Waals surface area contributed by atoms with E-state index in [0.717, 1.165) is 35.5 Å². The fraction of sp³-hybridized carbons (Fsp3) is 0.444. The molecule has 138 valence electrons. The highest BCUT2D eigenvalue weighted by molar-refractivity contribution is 14.0. The van der Waals surface area contributed by atoms with E-state index in [1.807, 2.05) is 51.2 Å². The Kier molecular flexibility index (Phi) is 9.81. The minimum Gasteiger partial charge on any atom is -0.492 e. The van der Waals surface area contributed by atoms with Crippen LogP contribution in [0.3, 0.4) is 0 Å². The number of halogens is 1. The molecule has 1 heterocycles. The highest BCUT2D eigenvalue weighted by Gasteiger charge is 2.08. The molecule has 25 heavy (non-hydrogen) atoms. The maximum Gasteiger partial charge on any atom is 0.194 e. The van der Waals surface area contributed by atoms with Gasteiger partial charge in [-0.15, -0.1) is 35.3 Å². The van der Waals surface area contributed by atoms with Crippen molar-refractivity contribution in [1.29, 1.82) is 0 Å². The summed E-state index contributed by atoms with van der Waals surface area (Å²) in [5.74, 6) is 1.78. The smallest absolute Gasteiger partial charge is 0.194 e. The van der Waals surface area contributed by atoms with E-state index in [4.69, 9.17) is 9.73 Å². The number of nitrogens with zero attached hydrogens (tertiary/aromatic N) is 3. The zero-order chi connectivity index (χ0) is 17.4. The Bertz CT molecular complexity index is 660. The monoisotopic (exact) mass is 474 g/mol. The molecular formula is C18H27IN4OS. The average Bonchev–Trinajstić information content (AvgIpc) is 2.90. The van der Waals surface area contributed by atoms with Crippen LogP contribution in [0.25, 0.3) is 0 Å². The van der Waals surface area contributed by atoms with Crippen LogP contribution in [0.1, 0.15) is 22.5 Å². The van der Waals surface area contributed by atoms with Crippen LogP contribution in [0.15, 0.2) is 35.3 Å². The van der Waals surface area contributed by atoms with Gasteiger partial charge in [-0.2, -0.15) is 0 Å². The van der Waals surface area contributed by atoms with Crippen molar-refractivity contribution >= 4 is 41.3 Å². The van der Waals surface area contributed by atoms with Crippen LogP contribution in [0.2, 0.25) is 0 Å². The number of hydrogen-bond donors (Lipinski definition) is 1. The fourth-order valence-electron chi connectivity index (χ4n) is 2.26. The Hall–Kier alpha value is -1.35. The molecule has 5 nitrogen and oxygen atoms in total. The van der Waals surface area contributed by atoms with Crippen molar-refractivity contribution in [3.8, 4) is 5.75 Å². The maximum atomic E-state index is 5.76. The zero-order valence-corrected chi connectivity index (χ0v) is 18.4. The summed E-state index contributed by atoms with van der Waals surface area (Å²) >= 11 is 1.71. The van der Waals surface area contributed by atoms with Crippen LogP contribution in [0, 0.1) is 13.8 Å². The largest absolute Gasteiger partial charge is 0.492 e. The molecule has 0 unspecified atom stereocenters. The quantitative estimate of drug-likeness (QED) is 0.376. The summed E-state index contributed by atoms with van der Waals surface area (Å²) in [6.45, 7) is 9.02. The van der Waals surface area contributed by atoms with E-state index >= 15 is 0 Å². The lowest BCUT2D eigenvalue weighted by Gasteiger charge is -2.22. The third-order valence-electron chi connectivity index (χ3n) is 3.51. The predicted octanol–water partition coefficient (Wildman–Crippen LogP) is 3.85. The molecule has 0 bridgehead atoms. The van der Waals surface area contributed by atoms with Crippen molar-refractivity contribution in [3.05, 3.63) is 45.9 Å². The Morgan fingerprint density at radius 3 is 2.60 bits per heavy atom. The Balaban J connectivity index is 0.00000312. The molecule has 0 spiro atoms. The summed E-state index contributed by atoms with van der Waals surface area (Å²) in [5, 5.41) is 4.42. The number of rotatable bonds is 7. The second-order valence-electron chi connectivity index (χ2n) is 5.49. The SMILES string of the molecule is CCNC(=NCc1sc(C)nc1C)N(C)CCOc1ccccc1.I. The van der Waals surface area contributed by atoms with E-state index < -0.39 is 0 Å². The number of thiazole rings is 1. The van der Waals surface area contributed by atoms with Gasteiger partial charge in [-0.05, 0) is 32.9 Å². The number of benzene rings is 1. The Morgan fingerprint density at radius 2 is 2.00 bits per heavy atom. The van der Waals surface area contributed by atoms with Gasteiger partial charge in [0, 0.05) is 18.5 Å². The number of ether oxygens (including phenoxy) is 1. The number of nitrogens with one attached hydrogen (secondary N) is 1.